The minimum Gasteiger partial charge on any atom is -0.355 e. The van der Waals surface area contributed by atoms with E-state index in [4.69, 9.17) is 5.14 Å². The number of sulfonamides is 1. The van der Waals surface area contributed by atoms with Crippen molar-refractivity contribution in [3.8, 4) is 0 Å². The Morgan fingerprint density at radius 2 is 2.06 bits per heavy atom. The van der Waals surface area contributed by atoms with Gasteiger partial charge < -0.3 is 5.32 Å². The van der Waals surface area contributed by atoms with Crippen molar-refractivity contribution in [2.75, 3.05) is 23.8 Å². The Morgan fingerprint density at radius 3 is 2.50 bits per heavy atom. The number of hydrogen-bond donors (Lipinski definition) is 2. The number of carbonyl (C=O) groups excluding carboxylic acids is 1. The van der Waals surface area contributed by atoms with Gasteiger partial charge in [0.05, 0.1) is 23.2 Å². The van der Waals surface area contributed by atoms with Gasteiger partial charge in [-0.3, -0.25) is 4.79 Å². The number of hydrogen-bond acceptors (Lipinski definition) is 5. The number of amides is 1. The summed E-state index contributed by atoms with van der Waals surface area (Å²) in [6, 6.07) is 0. The first-order valence-corrected chi connectivity index (χ1v) is 8.22. The molecule has 1 heterocycles. The van der Waals surface area contributed by atoms with Gasteiger partial charge in [0.1, 0.15) is 0 Å². The van der Waals surface area contributed by atoms with Gasteiger partial charge in [0, 0.05) is 6.54 Å². The smallest absolute Gasteiger partial charge is 0.224 e. The molecule has 1 aliphatic heterocycles. The lowest BCUT2D eigenvalue weighted by molar-refractivity contribution is -0.124. The molecule has 1 aliphatic rings. The molecule has 9 heteroatoms. The summed E-state index contributed by atoms with van der Waals surface area (Å²) in [6.45, 7) is -0.0891. The van der Waals surface area contributed by atoms with E-state index in [1.807, 2.05) is 0 Å². The molecule has 0 aliphatic carbocycles. The maximum atomic E-state index is 11.4. The van der Waals surface area contributed by atoms with Crippen molar-refractivity contribution in [1.82, 2.24) is 5.32 Å². The fraction of sp³-hybridized carbons (Fsp3) is 0.857. The molecule has 1 rings (SSSR count). The van der Waals surface area contributed by atoms with Gasteiger partial charge in [-0.15, -0.1) is 0 Å². The SMILES string of the molecule is NS(=O)(=O)CCNC(=O)C1CCS(=O)(=O)C1. The van der Waals surface area contributed by atoms with Crippen molar-refractivity contribution in [2.24, 2.45) is 11.1 Å². The van der Waals surface area contributed by atoms with E-state index < -0.39 is 31.7 Å². The second kappa shape index (κ2) is 4.68. The first-order valence-electron chi connectivity index (χ1n) is 4.68. The molecule has 1 fully saturated rings. The fourth-order valence-corrected chi connectivity index (χ4v) is 3.59. The number of primary sulfonamides is 1. The largest absolute Gasteiger partial charge is 0.355 e. The molecule has 0 aromatic heterocycles. The van der Waals surface area contributed by atoms with Crippen molar-refractivity contribution < 1.29 is 21.6 Å². The van der Waals surface area contributed by atoms with Crippen LogP contribution in [0.5, 0.6) is 0 Å². The molecule has 0 spiro atoms. The van der Waals surface area contributed by atoms with Gasteiger partial charge in [-0.25, -0.2) is 22.0 Å². The Balaban J connectivity index is 2.38. The Bertz CT molecular complexity index is 467. The molecule has 3 N–H and O–H groups in total. The maximum Gasteiger partial charge on any atom is 0.224 e. The zero-order chi connectivity index (χ0) is 12.4. The van der Waals surface area contributed by atoms with Gasteiger partial charge in [0.15, 0.2) is 9.84 Å². The summed E-state index contributed by atoms with van der Waals surface area (Å²) in [7, 11) is -6.70. The molecule has 0 saturated carbocycles. The third-order valence-corrected chi connectivity index (χ3v) is 4.83. The van der Waals surface area contributed by atoms with Gasteiger partial charge >= 0.3 is 0 Å². The molecule has 94 valence electrons. The molecular formula is C7H14N2O5S2. The summed E-state index contributed by atoms with van der Waals surface area (Å²) in [5.74, 6) is -1.48. The van der Waals surface area contributed by atoms with Crippen molar-refractivity contribution in [3.63, 3.8) is 0 Å². The minimum absolute atomic E-state index is 0.0142. The number of nitrogens with one attached hydrogen (secondary N) is 1. The highest BCUT2D eigenvalue weighted by molar-refractivity contribution is 7.91. The highest BCUT2D eigenvalue weighted by Gasteiger charge is 2.32. The molecule has 0 aromatic rings. The van der Waals surface area contributed by atoms with E-state index in [1.165, 1.54) is 0 Å². The summed E-state index contributed by atoms with van der Waals surface area (Å²) >= 11 is 0. The van der Waals surface area contributed by atoms with Crippen LogP contribution in [-0.4, -0.2) is 46.5 Å². The second-order valence-corrected chi connectivity index (χ2v) is 7.72. The molecular weight excluding hydrogens is 256 g/mol. The molecule has 16 heavy (non-hydrogen) atoms. The lowest BCUT2D eigenvalue weighted by atomic mass is 10.1. The average Bonchev–Trinajstić information content (AvgIpc) is 2.43. The number of rotatable bonds is 4. The number of carbonyl (C=O) groups is 1. The van der Waals surface area contributed by atoms with E-state index in [9.17, 15) is 21.6 Å². The summed E-state index contributed by atoms with van der Waals surface area (Å²) in [5.41, 5.74) is 0. The zero-order valence-corrected chi connectivity index (χ0v) is 10.2. The Kier molecular flexibility index (Phi) is 3.92. The lowest BCUT2D eigenvalue weighted by Gasteiger charge is -2.08. The highest BCUT2D eigenvalue weighted by Crippen LogP contribution is 2.18. The van der Waals surface area contributed by atoms with Crippen molar-refractivity contribution in [2.45, 2.75) is 6.42 Å². The average molecular weight is 270 g/mol. The van der Waals surface area contributed by atoms with Crippen molar-refractivity contribution >= 4 is 25.8 Å². The maximum absolute atomic E-state index is 11.4. The Morgan fingerprint density at radius 1 is 1.44 bits per heavy atom. The monoisotopic (exact) mass is 270 g/mol. The predicted octanol–water partition coefficient (Wildman–Crippen LogP) is -2.17. The van der Waals surface area contributed by atoms with Crippen LogP contribution in [0.3, 0.4) is 0 Å². The van der Waals surface area contributed by atoms with E-state index in [-0.39, 0.29) is 23.8 Å². The zero-order valence-electron chi connectivity index (χ0n) is 8.55. The first-order chi connectivity index (χ1) is 7.20. The van der Waals surface area contributed by atoms with Crippen LogP contribution in [0.2, 0.25) is 0 Å². The molecule has 1 saturated heterocycles. The topological polar surface area (TPSA) is 123 Å². The van der Waals surface area contributed by atoms with Crippen LogP contribution >= 0.6 is 0 Å². The Labute approximate surface area is 94.4 Å². The van der Waals surface area contributed by atoms with Crippen LogP contribution in [0.1, 0.15) is 6.42 Å². The van der Waals surface area contributed by atoms with E-state index in [2.05, 4.69) is 5.32 Å². The molecule has 0 radical (unpaired) electrons. The van der Waals surface area contributed by atoms with E-state index >= 15 is 0 Å². The van der Waals surface area contributed by atoms with E-state index in [0.717, 1.165) is 0 Å². The van der Waals surface area contributed by atoms with E-state index in [1.54, 1.807) is 0 Å². The second-order valence-electron chi connectivity index (χ2n) is 3.76. The van der Waals surface area contributed by atoms with Crippen LogP contribution < -0.4 is 10.5 Å². The standard InChI is InChI=1S/C7H14N2O5S2/c8-16(13,14)4-2-9-7(10)6-1-3-15(11,12)5-6/h6H,1-5H2,(H,9,10)(H2,8,13,14). The predicted molar refractivity (Wildman–Crippen MR) is 57.7 cm³/mol. The van der Waals surface area contributed by atoms with Crippen molar-refractivity contribution in [1.29, 1.82) is 0 Å². The summed E-state index contributed by atoms with van der Waals surface area (Å²) in [6.07, 6.45) is 0.295. The van der Waals surface area contributed by atoms with Crippen LogP contribution in [0, 0.1) is 5.92 Å². The first kappa shape index (κ1) is 13.4. The van der Waals surface area contributed by atoms with Crippen LogP contribution in [0.15, 0.2) is 0 Å². The van der Waals surface area contributed by atoms with Gasteiger partial charge in [0.2, 0.25) is 15.9 Å². The summed E-state index contributed by atoms with van der Waals surface area (Å²) in [4.78, 5) is 11.4. The Hall–Kier alpha value is -0.670. The molecule has 1 amide bonds. The quantitative estimate of drug-likeness (QED) is 0.601. The lowest BCUT2D eigenvalue weighted by Crippen LogP contribution is -2.36. The van der Waals surface area contributed by atoms with E-state index in [0.29, 0.717) is 6.42 Å². The van der Waals surface area contributed by atoms with Crippen molar-refractivity contribution in [3.05, 3.63) is 0 Å². The number of sulfone groups is 1. The summed E-state index contributed by atoms with van der Waals surface area (Å²) in [5, 5.41) is 7.10. The third-order valence-electron chi connectivity index (χ3n) is 2.29. The normalized spacial score (nSPS) is 24.2. The molecule has 7 nitrogen and oxygen atoms in total. The van der Waals surface area contributed by atoms with Gasteiger partial charge in [-0.2, -0.15) is 0 Å². The molecule has 0 bridgehead atoms. The highest BCUT2D eigenvalue weighted by atomic mass is 32.2. The van der Waals surface area contributed by atoms with Crippen LogP contribution in [-0.2, 0) is 24.7 Å². The molecule has 1 atom stereocenters. The minimum atomic E-state index is -3.60. The summed E-state index contributed by atoms with van der Waals surface area (Å²) < 4.78 is 43.3. The third kappa shape index (κ3) is 4.45. The van der Waals surface area contributed by atoms with Crippen LogP contribution in [0.4, 0.5) is 0 Å². The fourth-order valence-electron chi connectivity index (χ4n) is 1.46. The molecule has 0 aromatic carbocycles. The van der Waals surface area contributed by atoms with Gasteiger partial charge in [0.25, 0.3) is 0 Å². The van der Waals surface area contributed by atoms with Gasteiger partial charge in [-0.1, -0.05) is 0 Å². The van der Waals surface area contributed by atoms with Crippen LogP contribution in [0.25, 0.3) is 0 Å². The molecule has 1 unspecified atom stereocenters. The number of nitrogens with two attached hydrogens (primary N) is 1. The van der Waals surface area contributed by atoms with Gasteiger partial charge in [-0.05, 0) is 6.42 Å².